The van der Waals surface area contributed by atoms with Crippen molar-refractivity contribution in [1.82, 2.24) is 14.2 Å². The van der Waals surface area contributed by atoms with Crippen molar-refractivity contribution in [3.8, 4) is 0 Å². The number of carbonyl (C=O) groups excluding carboxylic acids is 1. The Bertz CT molecular complexity index is 986. The second-order valence-electron chi connectivity index (χ2n) is 7.24. The van der Waals surface area contributed by atoms with Gasteiger partial charge in [0.15, 0.2) is 0 Å². The molecule has 2 aromatic rings. The summed E-state index contributed by atoms with van der Waals surface area (Å²) in [6, 6.07) is 8.30. The second-order valence-corrected chi connectivity index (χ2v) is 9.58. The summed E-state index contributed by atoms with van der Waals surface area (Å²) < 4.78 is 27.2. The summed E-state index contributed by atoms with van der Waals surface area (Å²) in [6.07, 6.45) is 5.22. The lowest BCUT2D eigenvalue weighted by atomic mass is 10.1. The number of piperazine rings is 1. The molecule has 2 saturated heterocycles. The van der Waals surface area contributed by atoms with Crippen molar-refractivity contribution >= 4 is 33.2 Å². The molecule has 0 radical (unpaired) electrons. The minimum absolute atomic E-state index is 0.127. The molecule has 0 spiro atoms. The zero-order chi connectivity index (χ0) is 20.4. The fraction of sp³-hybridized carbons (Fsp3) is 0.400. The van der Waals surface area contributed by atoms with Gasteiger partial charge in [0.1, 0.15) is 0 Å². The summed E-state index contributed by atoms with van der Waals surface area (Å²) in [7, 11) is -3.60. The molecule has 0 atom stereocenters. The number of benzene rings is 1. The molecule has 154 valence electrons. The first kappa shape index (κ1) is 20.1. The van der Waals surface area contributed by atoms with Crippen LogP contribution in [0, 0.1) is 0 Å². The van der Waals surface area contributed by atoms with E-state index in [-0.39, 0.29) is 21.4 Å². The summed E-state index contributed by atoms with van der Waals surface area (Å²) in [5.41, 5.74) is 1.31. The molecule has 0 N–H and O–H groups in total. The van der Waals surface area contributed by atoms with Crippen LogP contribution >= 0.6 is 11.6 Å². The van der Waals surface area contributed by atoms with Gasteiger partial charge in [-0.15, -0.1) is 0 Å². The third-order valence-electron chi connectivity index (χ3n) is 5.47. The Balaban J connectivity index is 1.50. The van der Waals surface area contributed by atoms with E-state index in [2.05, 4.69) is 9.88 Å². The maximum atomic E-state index is 13.1. The van der Waals surface area contributed by atoms with Crippen LogP contribution in [0.15, 0.2) is 47.6 Å². The van der Waals surface area contributed by atoms with Crippen LogP contribution in [-0.2, 0) is 10.0 Å². The molecular formula is C20H23ClN4O3S. The van der Waals surface area contributed by atoms with Crippen molar-refractivity contribution in [3.05, 3.63) is 53.3 Å². The van der Waals surface area contributed by atoms with Gasteiger partial charge in [-0.05, 0) is 43.2 Å². The number of aromatic nitrogens is 1. The van der Waals surface area contributed by atoms with Crippen molar-refractivity contribution in [2.75, 3.05) is 44.2 Å². The molecule has 1 amide bonds. The molecular weight excluding hydrogens is 412 g/mol. The van der Waals surface area contributed by atoms with E-state index in [9.17, 15) is 13.2 Å². The van der Waals surface area contributed by atoms with E-state index in [0.717, 1.165) is 18.5 Å². The Morgan fingerprint density at radius 1 is 0.931 bits per heavy atom. The summed E-state index contributed by atoms with van der Waals surface area (Å²) in [6.45, 7) is 3.51. The van der Waals surface area contributed by atoms with E-state index >= 15 is 0 Å². The average molecular weight is 435 g/mol. The highest BCUT2D eigenvalue weighted by Crippen LogP contribution is 2.27. The summed E-state index contributed by atoms with van der Waals surface area (Å²) >= 11 is 6.27. The van der Waals surface area contributed by atoms with Gasteiger partial charge in [-0.2, -0.15) is 4.31 Å². The van der Waals surface area contributed by atoms with Crippen LogP contribution < -0.4 is 4.90 Å². The lowest BCUT2D eigenvalue weighted by Gasteiger charge is -2.36. The summed E-state index contributed by atoms with van der Waals surface area (Å²) in [4.78, 5) is 21.2. The number of amides is 1. The van der Waals surface area contributed by atoms with Crippen molar-refractivity contribution in [2.45, 2.75) is 17.7 Å². The quantitative estimate of drug-likeness (QED) is 0.739. The van der Waals surface area contributed by atoms with E-state index in [1.165, 1.54) is 22.5 Å². The first-order chi connectivity index (χ1) is 14.0. The van der Waals surface area contributed by atoms with Gasteiger partial charge >= 0.3 is 0 Å². The Morgan fingerprint density at radius 2 is 1.59 bits per heavy atom. The van der Waals surface area contributed by atoms with Gasteiger partial charge in [0.05, 0.1) is 15.5 Å². The predicted molar refractivity (Wildman–Crippen MR) is 112 cm³/mol. The normalized spacial score (nSPS) is 18.2. The Labute approximate surface area is 175 Å². The molecule has 0 aliphatic carbocycles. The number of halogens is 1. The van der Waals surface area contributed by atoms with Crippen LogP contribution in [0.1, 0.15) is 23.2 Å². The highest BCUT2D eigenvalue weighted by molar-refractivity contribution is 7.89. The van der Waals surface area contributed by atoms with Gasteiger partial charge in [0.25, 0.3) is 5.91 Å². The van der Waals surface area contributed by atoms with E-state index < -0.39 is 10.0 Å². The highest BCUT2D eigenvalue weighted by Gasteiger charge is 2.30. The first-order valence-electron chi connectivity index (χ1n) is 9.71. The van der Waals surface area contributed by atoms with Crippen LogP contribution in [0.3, 0.4) is 0 Å². The number of pyridine rings is 1. The number of sulfonamides is 1. The number of hydrogen-bond donors (Lipinski definition) is 0. The average Bonchev–Trinajstić information content (AvgIpc) is 3.30. The lowest BCUT2D eigenvalue weighted by Crippen LogP contribution is -2.48. The van der Waals surface area contributed by atoms with E-state index in [4.69, 9.17) is 11.6 Å². The van der Waals surface area contributed by atoms with Gasteiger partial charge in [-0.3, -0.25) is 9.78 Å². The Morgan fingerprint density at radius 3 is 2.24 bits per heavy atom. The minimum atomic E-state index is -3.60. The molecule has 2 aliphatic heterocycles. The Hall–Kier alpha value is -2.16. The molecule has 0 unspecified atom stereocenters. The van der Waals surface area contributed by atoms with Crippen LogP contribution in [0.4, 0.5) is 5.69 Å². The molecule has 2 fully saturated rings. The van der Waals surface area contributed by atoms with Crippen molar-refractivity contribution in [1.29, 1.82) is 0 Å². The standard InChI is InChI=1S/C20H23ClN4O3S/c21-19-4-3-17(29(27,28)25-9-1-2-10-25)15-18(19)20(26)24-13-11-23(12-14-24)16-5-7-22-8-6-16/h3-8,15H,1-2,9-14H2. The molecule has 2 aliphatic rings. The molecule has 9 heteroatoms. The third kappa shape index (κ3) is 4.10. The maximum Gasteiger partial charge on any atom is 0.255 e. The number of nitrogens with zero attached hydrogens (tertiary/aromatic N) is 4. The number of anilines is 1. The first-order valence-corrected chi connectivity index (χ1v) is 11.5. The SMILES string of the molecule is O=C(c1cc(S(=O)(=O)N2CCCC2)ccc1Cl)N1CCN(c2ccncc2)CC1. The summed E-state index contributed by atoms with van der Waals surface area (Å²) in [5.74, 6) is -0.233. The zero-order valence-electron chi connectivity index (χ0n) is 16.0. The molecule has 4 rings (SSSR count). The lowest BCUT2D eigenvalue weighted by molar-refractivity contribution is 0.0746. The van der Waals surface area contributed by atoms with Gasteiger partial charge < -0.3 is 9.80 Å². The Kier molecular flexibility index (Phi) is 5.76. The van der Waals surface area contributed by atoms with Crippen LogP contribution in [0.2, 0.25) is 5.02 Å². The van der Waals surface area contributed by atoms with E-state index in [1.54, 1.807) is 17.3 Å². The largest absolute Gasteiger partial charge is 0.368 e. The van der Waals surface area contributed by atoms with Gasteiger partial charge in [0, 0.05) is 57.3 Å². The zero-order valence-corrected chi connectivity index (χ0v) is 17.6. The second kappa shape index (κ2) is 8.30. The fourth-order valence-electron chi connectivity index (χ4n) is 3.80. The van der Waals surface area contributed by atoms with E-state index in [1.807, 2.05) is 12.1 Å². The minimum Gasteiger partial charge on any atom is -0.368 e. The van der Waals surface area contributed by atoms with E-state index in [0.29, 0.717) is 39.3 Å². The predicted octanol–water partition coefficient (Wildman–Crippen LogP) is 2.48. The monoisotopic (exact) mass is 434 g/mol. The third-order valence-corrected chi connectivity index (χ3v) is 7.69. The van der Waals surface area contributed by atoms with Gasteiger partial charge in [0.2, 0.25) is 10.0 Å². The molecule has 29 heavy (non-hydrogen) atoms. The summed E-state index contributed by atoms with van der Waals surface area (Å²) in [5, 5.41) is 0.270. The van der Waals surface area contributed by atoms with Crippen LogP contribution in [0.25, 0.3) is 0 Å². The van der Waals surface area contributed by atoms with Crippen LogP contribution in [-0.4, -0.2) is 67.8 Å². The molecule has 0 bridgehead atoms. The molecule has 3 heterocycles. The molecule has 1 aromatic heterocycles. The fourth-order valence-corrected chi connectivity index (χ4v) is 5.54. The number of carbonyl (C=O) groups is 1. The smallest absolute Gasteiger partial charge is 0.255 e. The van der Waals surface area contributed by atoms with Crippen LogP contribution in [0.5, 0.6) is 0 Å². The number of rotatable bonds is 4. The topological polar surface area (TPSA) is 73.8 Å². The maximum absolute atomic E-state index is 13.1. The molecule has 0 saturated carbocycles. The van der Waals surface area contributed by atoms with Gasteiger partial charge in [-0.1, -0.05) is 11.6 Å². The van der Waals surface area contributed by atoms with Gasteiger partial charge in [-0.25, -0.2) is 8.42 Å². The highest BCUT2D eigenvalue weighted by atomic mass is 35.5. The molecule has 7 nitrogen and oxygen atoms in total. The van der Waals surface area contributed by atoms with Crippen molar-refractivity contribution in [3.63, 3.8) is 0 Å². The van der Waals surface area contributed by atoms with Crippen molar-refractivity contribution < 1.29 is 13.2 Å². The number of hydrogen-bond acceptors (Lipinski definition) is 5. The molecule has 1 aromatic carbocycles. The van der Waals surface area contributed by atoms with Crippen molar-refractivity contribution in [2.24, 2.45) is 0 Å².